The van der Waals surface area contributed by atoms with Gasteiger partial charge in [-0.25, -0.2) is 15.0 Å². The molecule has 2 fully saturated rings. The predicted octanol–water partition coefficient (Wildman–Crippen LogP) is 7.06. The molecule has 0 amide bonds. The van der Waals surface area contributed by atoms with Crippen LogP contribution in [0.15, 0.2) is 78.9 Å². The summed E-state index contributed by atoms with van der Waals surface area (Å²) in [5.74, 6) is 1.98. The maximum atomic E-state index is 13.4. The summed E-state index contributed by atoms with van der Waals surface area (Å²) in [4.78, 5) is 15.3. The number of nitrogens with zero attached hydrogens (tertiary/aromatic N) is 4. The van der Waals surface area contributed by atoms with E-state index in [0.717, 1.165) is 42.4 Å². The molecule has 3 heterocycles. The third-order valence-electron chi connectivity index (χ3n) is 8.02. The Labute approximate surface area is 244 Å². The van der Waals surface area contributed by atoms with Crippen molar-refractivity contribution in [2.45, 2.75) is 38.2 Å². The molecule has 2 aromatic heterocycles. The summed E-state index contributed by atoms with van der Waals surface area (Å²) in [7, 11) is 3.25. The summed E-state index contributed by atoms with van der Waals surface area (Å²) in [6.07, 6.45) is 10.5. The Kier molecular flexibility index (Phi) is 7.90. The summed E-state index contributed by atoms with van der Waals surface area (Å²) in [6.45, 7) is 5.92. The van der Waals surface area contributed by atoms with Crippen LogP contribution >= 0.6 is 0 Å². The van der Waals surface area contributed by atoms with Gasteiger partial charge in [-0.1, -0.05) is 12.6 Å². The van der Waals surface area contributed by atoms with Gasteiger partial charge in [0.25, 0.3) is 0 Å². The van der Waals surface area contributed by atoms with Crippen LogP contribution in [0.3, 0.4) is 0 Å². The van der Waals surface area contributed by atoms with Crippen molar-refractivity contribution in [3.63, 3.8) is 0 Å². The Balaban J connectivity index is 1.26. The van der Waals surface area contributed by atoms with Crippen LogP contribution < -0.4 is 19.5 Å². The lowest BCUT2D eigenvalue weighted by Gasteiger charge is -2.37. The van der Waals surface area contributed by atoms with Gasteiger partial charge in [-0.15, -0.1) is 0 Å². The molecule has 2 aromatic carbocycles. The zero-order chi connectivity index (χ0) is 29.1. The van der Waals surface area contributed by atoms with Crippen LogP contribution in [0, 0.1) is 5.95 Å². The van der Waals surface area contributed by atoms with E-state index in [9.17, 15) is 4.39 Å². The van der Waals surface area contributed by atoms with Crippen molar-refractivity contribution in [3.8, 4) is 28.4 Å². The lowest BCUT2D eigenvalue weighted by atomic mass is 9.89. The molecule has 0 radical (unpaired) electrons. The highest BCUT2D eigenvalue weighted by molar-refractivity contribution is 5.93. The molecule has 6 rings (SSSR count). The molecule has 1 saturated heterocycles. The van der Waals surface area contributed by atoms with Crippen molar-refractivity contribution in [2.75, 3.05) is 32.6 Å². The van der Waals surface area contributed by atoms with E-state index in [1.807, 2.05) is 36.4 Å². The van der Waals surface area contributed by atoms with E-state index in [1.54, 1.807) is 20.3 Å². The Morgan fingerprint density at radius 2 is 1.74 bits per heavy atom. The number of methoxy groups -OCH3 is 2. The molecule has 1 N–H and O–H groups in total. The fraction of sp³-hybridized carbons (Fsp3) is 0.303. The van der Waals surface area contributed by atoms with Crippen LogP contribution in [-0.2, 0) is 0 Å². The smallest absolute Gasteiger partial charge is 0.212 e. The quantitative estimate of drug-likeness (QED) is 0.215. The Bertz CT molecular complexity index is 1630. The van der Waals surface area contributed by atoms with E-state index in [1.165, 1.54) is 49.1 Å². The molecular formula is C33H34FN5O3. The molecule has 0 spiro atoms. The van der Waals surface area contributed by atoms with Gasteiger partial charge < -0.3 is 24.4 Å². The first-order valence-corrected chi connectivity index (χ1v) is 14.2. The number of ether oxygens (including phenoxy) is 3. The van der Waals surface area contributed by atoms with Gasteiger partial charge in [0.15, 0.2) is 11.5 Å². The van der Waals surface area contributed by atoms with Crippen LogP contribution in [0.5, 0.6) is 17.2 Å². The third kappa shape index (κ3) is 5.59. The zero-order valence-electron chi connectivity index (χ0n) is 23.9. The molecular weight excluding hydrogens is 533 g/mol. The molecule has 0 unspecified atom stereocenters. The van der Waals surface area contributed by atoms with E-state index >= 15 is 0 Å². The Morgan fingerprint density at radius 1 is 0.952 bits per heavy atom. The lowest BCUT2D eigenvalue weighted by molar-refractivity contribution is 0.115. The van der Waals surface area contributed by atoms with E-state index in [2.05, 4.69) is 31.7 Å². The fourth-order valence-electron chi connectivity index (χ4n) is 5.58. The average Bonchev–Trinajstić information content (AvgIpc) is 2.99. The molecule has 1 aliphatic heterocycles. The summed E-state index contributed by atoms with van der Waals surface area (Å²) < 4.78 is 31.3. The van der Waals surface area contributed by atoms with Crippen molar-refractivity contribution in [3.05, 3.63) is 84.9 Å². The molecule has 42 heavy (non-hydrogen) atoms. The maximum absolute atomic E-state index is 13.4. The number of aromatic nitrogens is 3. The normalized spacial score (nSPS) is 15.2. The molecule has 2 aliphatic rings. The number of nitrogens with one attached hydrogen (secondary N) is 1. The Hall–Kier alpha value is -4.66. The number of halogens is 1. The second-order valence-electron chi connectivity index (χ2n) is 10.5. The minimum absolute atomic E-state index is 0.0622. The fourth-order valence-corrected chi connectivity index (χ4v) is 5.58. The first-order chi connectivity index (χ1) is 20.6. The monoisotopic (exact) mass is 567 g/mol. The van der Waals surface area contributed by atoms with Crippen LogP contribution in [0.1, 0.15) is 32.1 Å². The van der Waals surface area contributed by atoms with Crippen LogP contribution in [0.4, 0.5) is 15.9 Å². The molecule has 1 aliphatic carbocycles. The minimum atomic E-state index is -0.524. The summed E-state index contributed by atoms with van der Waals surface area (Å²) in [5.41, 5.74) is 5.89. The van der Waals surface area contributed by atoms with Crippen LogP contribution in [-0.4, -0.2) is 53.3 Å². The minimum Gasteiger partial charge on any atom is -0.495 e. The molecule has 9 heteroatoms. The SMILES string of the molecule is C=CC(=C1CCC1)N1CCC(Oc2cc3c(Nc4cc(-c5ccc(F)nc5)ccc4OC)ncnc3cc2OC)CC1. The largest absolute Gasteiger partial charge is 0.495 e. The van der Waals surface area contributed by atoms with E-state index < -0.39 is 5.95 Å². The first-order valence-electron chi connectivity index (χ1n) is 14.2. The molecule has 0 atom stereocenters. The van der Waals surface area contributed by atoms with Gasteiger partial charge in [0.05, 0.1) is 25.4 Å². The van der Waals surface area contributed by atoms with Gasteiger partial charge in [-0.2, -0.15) is 4.39 Å². The van der Waals surface area contributed by atoms with Gasteiger partial charge in [-0.05, 0) is 66.8 Å². The molecule has 8 nitrogen and oxygen atoms in total. The van der Waals surface area contributed by atoms with Crippen molar-refractivity contribution in [1.82, 2.24) is 19.9 Å². The van der Waals surface area contributed by atoms with Gasteiger partial charge in [0.2, 0.25) is 5.95 Å². The Morgan fingerprint density at radius 3 is 2.40 bits per heavy atom. The number of anilines is 2. The number of piperidine rings is 1. The van der Waals surface area contributed by atoms with Gasteiger partial charge in [-0.3, -0.25) is 0 Å². The topological polar surface area (TPSA) is 81.6 Å². The van der Waals surface area contributed by atoms with Gasteiger partial charge in [0, 0.05) is 54.8 Å². The van der Waals surface area contributed by atoms with Crippen molar-refractivity contribution in [2.24, 2.45) is 0 Å². The lowest BCUT2D eigenvalue weighted by Crippen LogP contribution is -2.38. The number of fused-ring (bicyclic) bond motifs is 1. The number of benzene rings is 2. The molecule has 216 valence electrons. The molecule has 0 bridgehead atoms. The van der Waals surface area contributed by atoms with Gasteiger partial charge in [0.1, 0.15) is 24.0 Å². The number of likely N-dealkylation sites (tertiary alicyclic amines) is 1. The highest BCUT2D eigenvalue weighted by Gasteiger charge is 2.25. The van der Waals surface area contributed by atoms with Gasteiger partial charge >= 0.3 is 0 Å². The van der Waals surface area contributed by atoms with Crippen molar-refractivity contribution >= 4 is 22.4 Å². The molecule has 1 saturated carbocycles. The highest BCUT2D eigenvalue weighted by Crippen LogP contribution is 2.39. The number of pyridine rings is 1. The van der Waals surface area contributed by atoms with Crippen molar-refractivity contribution < 1.29 is 18.6 Å². The second-order valence-corrected chi connectivity index (χ2v) is 10.5. The highest BCUT2D eigenvalue weighted by atomic mass is 19.1. The number of hydrogen-bond acceptors (Lipinski definition) is 8. The number of rotatable bonds is 9. The van der Waals surface area contributed by atoms with Crippen LogP contribution in [0.25, 0.3) is 22.0 Å². The summed E-state index contributed by atoms with van der Waals surface area (Å²) in [6, 6.07) is 12.5. The van der Waals surface area contributed by atoms with E-state index in [-0.39, 0.29) is 6.10 Å². The zero-order valence-corrected chi connectivity index (χ0v) is 23.9. The summed E-state index contributed by atoms with van der Waals surface area (Å²) in [5, 5.41) is 4.20. The van der Waals surface area contributed by atoms with Crippen LogP contribution in [0.2, 0.25) is 0 Å². The standard InChI is InChI=1S/C33H34FN5O3/c1-4-28(21-6-5-7-21)39-14-12-24(13-15-39)42-31-17-25-26(18-30(31)41-3)36-20-37-33(25)38-27-16-22(8-10-29(27)40-2)23-9-11-32(34)35-19-23/h4,8-11,16-20,24H,1,5-7,12-15H2,2-3H3,(H,36,37,38). The maximum Gasteiger partial charge on any atom is 0.212 e. The predicted molar refractivity (Wildman–Crippen MR) is 162 cm³/mol. The van der Waals surface area contributed by atoms with Crippen molar-refractivity contribution in [1.29, 1.82) is 0 Å². The second kappa shape index (κ2) is 12.1. The number of allylic oxidation sites excluding steroid dienone is 2. The van der Waals surface area contributed by atoms with E-state index in [0.29, 0.717) is 34.3 Å². The molecule has 4 aromatic rings. The van der Waals surface area contributed by atoms with E-state index in [4.69, 9.17) is 14.2 Å². The summed E-state index contributed by atoms with van der Waals surface area (Å²) >= 11 is 0. The average molecular weight is 568 g/mol. The first kappa shape index (κ1) is 27.5. The third-order valence-corrected chi connectivity index (χ3v) is 8.02. The number of hydrogen-bond donors (Lipinski definition) is 1.